The van der Waals surface area contributed by atoms with Crippen molar-refractivity contribution in [3.05, 3.63) is 36.9 Å². The maximum atomic E-state index is 11.9. The van der Waals surface area contributed by atoms with Gasteiger partial charge < -0.3 is 15.1 Å². The number of anilines is 1. The van der Waals surface area contributed by atoms with Gasteiger partial charge in [-0.3, -0.25) is 4.79 Å². The highest BCUT2D eigenvalue weighted by Crippen LogP contribution is 2.21. The van der Waals surface area contributed by atoms with Crippen LogP contribution in [0, 0.1) is 0 Å². The third-order valence-corrected chi connectivity index (χ3v) is 2.47. The monoisotopic (exact) mass is 299 g/mol. The van der Waals surface area contributed by atoms with Crippen molar-refractivity contribution in [1.29, 1.82) is 0 Å². The summed E-state index contributed by atoms with van der Waals surface area (Å²) in [5.74, 6) is -0.0322. The summed E-state index contributed by atoms with van der Waals surface area (Å²) in [5, 5.41) is 4.52. The molecule has 112 valence electrons. The summed E-state index contributed by atoms with van der Waals surface area (Å²) in [5.41, 5.74) is 1.16. The van der Waals surface area contributed by atoms with E-state index >= 15 is 0 Å². The summed E-state index contributed by atoms with van der Waals surface area (Å²) in [6.07, 6.45) is -1.54. The molecule has 0 saturated heterocycles. The molecule has 1 aromatic heterocycles. The molecule has 21 heavy (non-hydrogen) atoms. The van der Waals surface area contributed by atoms with Crippen molar-refractivity contribution < 1.29 is 22.4 Å². The zero-order chi connectivity index (χ0) is 15.3. The topological polar surface area (TPSA) is 67.2 Å². The van der Waals surface area contributed by atoms with Crippen molar-refractivity contribution in [3.8, 4) is 11.3 Å². The molecule has 1 amide bonds. The number of alkyl halides is 3. The fraction of sp³-hybridized carbons (Fsp3) is 0.231. The number of nitrogens with one attached hydrogen (secondary N) is 2. The van der Waals surface area contributed by atoms with Gasteiger partial charge in [-0.2, -0.15) is 13.2 Å². The zero-order valence-electron chi connectivity index (χ0n) is 10.8. The Morgan fingerprint density at radius 3 is 2.81 bits per heavy atom. The number of nitrogens with zero attached hydrogens (tertiary/aromatic N) is 1. The quantitative estimate of drug-likeness (QED) is 0.890. The number of oxazole rings is 1. The molecule has 0 aliphatic heterocycles. The molecule has 0 saturated carbocycles. The van der Waals surface area contributed by atoms with Gasteiger partial charge >= 0.3 is 6.18 Å². The van der Waals surface area contributed by atoms with Crippen LogP contribution in [0.2, 0.25) is 0 Å². The van der Waals surface area contributed by atoms with Crippen molar-refractivity contribution in [2.75, 3.05) is 18.4 Å². The van der Waals surface area contributed by atoms with Gasteiger partial charge in [-0.1, -0.05) is 12.1 Å². The van der Waals surface area contributed by atoms with E-state index in [1.807, 2.05) is 5.32 Å². The molecular formula is C13H12F3N3O2. The predicted molar refractivity (Wildman–Crippen MR) is 69.5 cm³/mol. The molecule has 0 spiro atoms. The average Bonchev–Trinajstić information content (AvgIpc) is 2.91. The summed E-state index contributed by atoms with van der Waals surface area (Å²) >= 11 is 0. The summed E-state index contributed by atoms with van der Waals surface area (Å²) in [6, 6.07) is 6.72. The smallest absolute Gasteiger partial charge is 0.401 e. The van der Waals surface area contributed by atoms with Crippen LogP contribution in [-0.2, 0) is 4.79 Å². The molecule has 0 unspecified atom stereocenters. The average molecular weight is 299 g/mol. The minimum absolute atomic E-state index is 0.425. The molecule has 8 heteroatoms. The lowest BCUT2D eigenvalue weighted by Gasteiger charge is -2.09. The minimum atomic E-state index is -4.34. The van der Waals surface area contributed by atoms with Crippen LogP contribution in [0.15, 0.2) is 41.3 Å². The number of amides is 1. The molecule has 2 aromatic rings. The lowest BCUT2D eigenvalue weighted by Crippen LogP contribution is -2.35. The Kier molecular flexibility index (Phi) is 4.59. The van der Waals surface area contributed by atoms with Crippen molar-refractivity contribution in [2.45, 2.75) is 6.18 Å². The SMILES string of the molecule is O=C(CNCC(F)(F)F)Nc1cccc(-c2cnco2)c1. The number of aromatic nitrogens is 1. The standard InChI is InChI=1S/C13H12F3N3O2/c14-13(15,16)7-17-6-12(20)19-10-3-1-2-9(4-10)11-5-18-8-21-11/h1-5,8,17H,6-7H2,(H,19,20). The summed E-state index contributed by atoms with van der Waals surface area (Å²) in [7, 11) is 0. The zero-order valence-corrected chi connectivity index (χ0v) is 10.8. The molecule has 2 rings (SSSR count). The third-order valence-electron chi connectivity index (χ3n) is 2.47. The van der Waals surface area contributed by atoms with Gasteiger partial charge in [-0.15, -0.1) is 0 Å². The number of benzene rings is 1. The molecule has 0 aliphatic carbocycles. The molecule has 0 atom stereocenters. The Morgan fingerprint density at radius 1 is 1.33 bits per heavy atom. The van der Waals surface area contributed by atoms with Gasteiger partial charge in [0.25, 0.3) is 0 Å². The van der Waals surface area contributed by atoms with Crippen LogP contribution < -0.4 is 10.6 Å². The summed E-state index contributed by atoms with van der Waals surface area (Å²) in [6.45, 7) is -1.63. The van der Waals surface area contributed by atoms with Gasteiger partial charge in [0.05, 0.1) is 19.3 Å². The predicted octanol–water partition coefficient (Wildman–Crippen LogP) is 2.43. The van der Waals surface area contributed by atoms with Crippen LogP contribution in [0.3, 0.4) is 0 Å². The van der Waals surface area contributed by atoms with Gasteiger partial charge in [0.1, 0.15) is 0 Å². The number of hydrogen-bond donors (Lipinski definition) is 2. The molecular weight excluding hydrogens is 287 g/mol. The van der Waals surface area contributed by atoms with E-state index in [4.69, 9.17) is 4.42 Å². The molecule has 0 radical (unpaired) electrons. The Hall–Kier alpha value is -2.35. The van der Waals surface area contributed by atoms with E-state index in [0.29, 0.717) is 17.0 Å². The number of halogens is 3. The van der Waals surface area contributed by atoms with Crippen molar-refractivity contribution in [3.63, 3.8) is 0 Å². The van der Waals surface area contributed by atoms with E-state index in [2.05, 4.69) is 10.3 Å². The van der Waals surface area contributed by atoms with Gasteiger partial charge in [0.15, 0.2) is 12.2 Å². The second-order valence-electron chi connectivity index (χ2n) is 4.21. The van der Waals surface area contributed by atoms with Crippen LogP contribution >= 0.6 is 0 Å². The third kappa shape index (κ3) is 4.92. The van der Waals surface area contributed by atoms with E-state index in [1.54, 1.807) is 24.3 Å². The maximum absolute atomic E-state index is 11.9. The largest absolute Gasteiger partial charge is 0.444 e. The Bertz CT molecular complexity index is 597. The highest BCUT2D eigenvalue weighted by atomic mass is 19.4. The Labute approximate surface area is 118 Å². The normalized spacial score (nSPS) is 11.4. The fourth-order valence-corrected chi connectivity index (χ4v) is 1.63. The second kappa shape index (κ2) is 6.40. The Morgan fingerprint density at radius 2 is 2.14 bits per heavy atom. The minimum Gasteiger partial charge on any atom is -0.444 e. The first-order valence-electron chi connectivity index (χ1n) is 6.00. The summed E-state index contributed by atoms with van der Waals surface area (Å²) < 4.78 is 40.9. The lowest BCUT2D eigenvalue weighted by molar-refractivity contribution is -0.126. The highest BCUT2D eigenvalue weighted by Gasteiger charge is 2.26. The number of carbonyl (C=O) groups excluding carboxylic acids is 1. The number of rotatable bonds is 5. The fourth-order valence-electron chi connectivity index (χ4n) is 1.63. The van der Waals surface area contributed by atoms with Crippen molar-refractivity contribution in [1.82, 2.24) is 10.3 Å². The summed E-state index contributed by atoms with van der Waals surface area (Å²) in [4.78, 5) is 15.3. The first-order valence-corrected chi connectivity index (χ1v) is 6.00. The van der Waals surface area contributed by atoms with Gasteiger partial charge in [0.2, 0.25) is 5.91 Å². The Balaban J connectivity index is 1.91. The molecule has 0 bridgehead atoms. The van der Waals surface area contributed by atoms with Crippen molar-refractivity contribution in [2.24, 2.45) is 0 Å². The number of hydrogen-bond acceptors (Lipinski definition) is 4. The van der Waals surface area contributed by atoms with E-state index in [-0.39, 0.29) is 0 Å². The molecule has 1 aromatic carbocycles. The van der Waals surface area contributed by atoms with Crippen LogP contribution in [0.5, 0.6) is 0 Å². The lowest BCUT2D eigenvalue weighted by atomic mass is 10.1. The molecule has 0 aliphatic rings. The first-order chi connectivity index (χ1) is 9.94. The van der Waals surface area contributed by atoms with Crippen molar-refractivity contribution >= 4 is 11.6 Å². The first kappa shape index (κ1) is 15.0. The van der Waals surface area contributed by atoms with Gasteiger partial charge in [-0.25, -0.2) is 4.98 Å². The van der Waals surface area contributed by atoms with E-state index in [1.165, 1.54) is 12.6 Å². The molecule has 1 heterocycles. The van der Waals surface area contributed by atoms with Gasteiger partial charge in [-0.05, 0) is 12.1 Å². The van der Waals surface area contributed by atoms with Crippen LogP contribution in [0.25, 0.3) is 11.3 Å². The second-order valence-corrected chi connectivity index (χ2v) is 4.21. The molecule has 5 nitrogen and oxygen atoms in total. The van der Waals surface area contributed by atoms with E-state index in [0.717, 1.165) is 0 Å². The van der Waals surface area contributed by atoms with E-state index in [9.17, 15) is 18.0 Å². The van der Waals surface area contributed by atoms with Crippen LogP contribution in [0.1, 0.15) is 0 Å². The van der Waals surface area contributed by atoms with Crippen LogP contribution in [0.4, 0.5) is 18.9 Å². The van der Waals surface area contributed by atoms with Crippen LogP contribution in [-0.4, -0.2) is 30.2 Å². The highest BCUT2D eigenvalue weighted by molar-refractivity contribution is 5.92. The maximum Gasteiger partial charge on any atom is 0.401 e. The molecule has 0 fully saturated rings. The van der Waals surface area contributed by atoms with Gasteiger partial charge in [0, 0.05) is 11.3 Å². The van der Waals surface area contributed by atoms with E-state index < -0.39 is 25.2 Å². The number of carbonyl (C=O) groups is 1. The molecule has 2 N–H and O–H groups in total.